The molecule has 3 aliphatic rings. The number of carbonyl (C=O) groups excluding carboxylic acids is 3. The minimum Gasteiger partial charge on any atom is -0.337 e. The van der Waals surface area contributed by atoms with Crippen LogP contribution < -0.4 is 10.6 Å². The van der Waals surface area contributed by atoms with E-state index in [9.17, 15) is 14.4 Å². The number of nitrogens with zero attached hydrogens (tertiary/aromatic N) is 2. The van der Waals surface area contributed by atoms with Crippen molar-refractivity contribution in [1.29, 1.82) is 0 Å². The van der Waals surface area contributed by atoms with Crippen LogP contribution >= 0.6 is 0 Å². The number of nitrogens with one attached hydrogen (secondary N) is 2. The molecule has 0 aromatic rings. The maximum Gasteiger partial charge on any atom is 0.325 e. The van der Waals surface area contributed by atoms with E-state index in [-0.39, 0.29) is 36.9 Å². The Kier molecular flexibility index (Phi) is 4.08. The van der Waals surface area contributed by atoms with Gasteiger partial charge >= 0.3 is 6.03 Å². The lowest BCUT2D eigenvalue weighted by atomic mass is 9.98. The number of hydrogen-bond acceptors (Lipinski definition) is 4. The van der Waals surface area contributed by atoms with Crippen molar-refractivity contribution in [1.82, 2.24) is 20.4 Å². The summed E-state index contributed by atoms with van der Waals surface area (Å²) in [5.41, 5.74) is -0.678. The van der Waals surface area contributed by atoms with E-state index in [0.29, 0.717) is 6.54 Å². The molecule has 22 heavy (non-hydrogen) atoms. The smallest absolute Gasteiger partial charge is 0.325 e. The van der Waals surface area contributed by atoms with Gasteiger partial charge in [-0.05, 0) is 19.8 Å². The predicted molar refractivity (Wildman–Crippen MR) is 80.1 cm³/mol. The Morgan fingerprint density at radius 2 is 2.05 bits per heavy atom. The molecule has 0 bridgehead atoms. The fourth-order valence-electron chi connectivity index (χ4n) is 3.76. The lowest BCUT2D eigenvalue weighted by molar-refractivity contribution is -0.135. The average molecular weight is 308 g/mol. The van der Waals surface area contributed by atoms with Gasteiger partial charge in [0.15, 0.2) is 0 Å². The Labute approximate surface area is 130 Å². The van der Waals surface area contributed by atoms with Gasteiger partial charge in [-0.1, -0.05) is 12.8 Å². The van der Waals surface area contributed by atoms with Crippen LogP contribution in [0.2, 0.25) is 0 Å². The van der Waals surface area contributed by atoms with Crippen molar-refractivity contribution in [2.75, 3.05) is 26.2 Å². The molecule has 0 aromatic carbocycles. The summed E-state index contributed by atoms with van der Waals surface area (Å²) in [7, 11) is 0. The normalized spacial score (nSPS) is 27.6. The fourth-order valence-corrected chi connectivity index (χ4v) is 3.76. The first-order valence-electron chi connectivity index (χ1n) is 8.18. The second kappa shape index (κ2) is 5.87. The summed E-state index contributed by atoms with van der Waals surface area (Å²) in [6.45, 7) is 4.46. The summed E-state index contributed by atoms with van der Waals surface area (Å²) < 4.78 is 0. The Bertz CT molecular complexity index is 487. The molecule has 3 rings (SSSR count). The highest BCUT2D eigenvalue weighted by molar-refractivity contribution is 6.07. The maximum absolute atomic E-state index is 12.5. The first kappa shape index (κ1) is 15.3. The van der Waals surface area contributed by atoms with Gasteiger partial charge in [0.25, 0.3) is 5.91 Å². The molecule has 2 saturated heterocycles. The van der Waals surface area contributed by atoms with Gasteiger partial charge in [0.2, 0.25) is 5.91 Å². The molecule has 1 saturated carbocycles. The van der Waals surface area contributed by atoms with Crippen LogP contribution in [0.25, 0.3) is 0 Å². The van der Waals surface area contributed by atoms with E-state index in [2.05, 4.69) is 10.6 Å². The van der Waals surface area contributed by atoms with Crippen LogP contribution in [0.4, 0.5) is 4.79 Å². The second-order valence-electron chi connectivity index (χ2n) is 6.57. The molecule has 0 aromatic heterocycles. The van der Waals surface area contributed by atoms with Gasteiger partial charge in [-0.2, -0.15) is 0 Å². The summed E-state index contributed by atoms with van der Waals surface area (Å²) in [5, 5.41) is 6.08. The summed E-state index contributed by atoms with van der Waals surface area (Å²) in [4.78, 5) is 39.9. The van der Waals surface area contributed by atoms with Crippen LogP contribution in [0.1, 0.15) is 39.0 Å². The van der Waals surface area contributed by atoms with Crippen LogP contribution in [0.3, 0.4) is 0 Å². The number of amides is 4. The third-order valence-corrected chi connectivity index (χ3v) is 5.07. The van der Waals surface area contributed by atoms with E-state index in [1.807, 2.05) is 11.8 Å². The van der Waals surface area contributed by atoms with Gasteiger partial charge in [-0.15, -0.1) is 0 Å². The lowest BCUT2D eigenvalue weighted by Crippen LogP contribution is -2.52. The molecule has 0 unspecified atom stereocenters. The molecular weight excluding hydrogens is 284 g/mol. The molecule has 1 aliphatic carbocycles. The molecule has 2 heterocycles. The Morgan fingerprint density at radius 3 is 2.73 bits per heavy atom. The highest BCUT2D eigenvalue weighted by Crippen LogP contribution is 2.35. The molecule has 3 fully saturated rings. The largest absolute Gasteiger partial charge is 0.337 e. The van der Waals surface area contributed by atoms with E-state index < -0.39 is 5.54 Å². The SMILES string of the molecule is C[C@H]1CNCCN1C(=O)CCN1C(=O)NC2(CCCC2)C1=O. The van der Waals surface area contributed by atoms with Crippen molar-refractivity contribution < 1.29 is 14.4 Å². The molecule has 122 valence electrons. The number of hydrogen-bond donors (Lipinski definition) is 2. The zero-order chi connectivity index (χ0) is 15.7. The first-order valence-corrected chi connectivity index (χ1v) is 8.18. The molecule has 0 radical (unpaired) electrons. The van der Waals surface area contributed by atoms with Crippen molar-refractivity contribution in [2.24, 2.45) is 0 Å². The topological polar surface area (TPSA) is 81.8 Å². The zero-order valence-electron chi connectivity index (χ0n) is 13.1. The number of piperazine rings is 1. The molecule has 7 nitrogen and oxygen atoms in total. The third kappa shape index (κ3) is 2.58. The third-order valence-electron chi connectivity index (χ3n) is 5.07. The maximum atomic E-state index is 12.5. The van der Waals surface area contributed by atoms with Crippen LogP contribution in [0.15, 0.2) is 0 Å². The number of imide groups is 1. The second-order valence-corrected chi connectivity index (χ2v) is 6.57. The molecule has 2 N–H and O–H groups in total. The monoisotopic (exact) mass is 308 g/mol. The van der Waals surface area contributed by atoms with Crippen LogP contribution in [0, 0.1) is 0 Å². The molecule has 2 aliphatic heterocycles. The van der Waals surface area contributed by atoms with Crippen LogP contribution in [-0.4, -0.2) is 65.4 Å². The van der Waals surface area contributed by atoms with E-state index >= 15 is 0 Å². The van der Waals surface area contributed by atoms with E-state index in [0.717, 1.165) is 38.8 Å². The van der Waals surface area contributed by atoms with Gasteiger partial charge in [0.1, 0.15) is 5.54 Å². The van der Waals surface area contributed by atoms with E-state index in [1.165, 1.54) is 4.90 Å². The quantitative estimate of drug-likeness (QED) is 0.723. The van der Waals surface area contributed by atoms with Gasteiger partial charge in [0.05, 0.1) is 0 Å². The molecule has 7 heteroatoms. The van der Waals surface area contributed by atoms with Crippen molar-refractivity contribution in [3.8, 4) is 0 Å². The van der Waals surface area contributed by atoms with Crippen molar-refractivity contribution in [3.63, 3.8) is 0 Å². The Hall–Kier alpha value is -1.63. The number of carbonyl (C=O) groups is 3. The standard InChI is InChI=1S/C15H24N4O3/c1-11-10-16-7-9-18(11)12(20)4-8-19-13(21)15(17-14(19)22)5-2-3-6-15/h11,16H,2-10H2,1H3,(H,17,22)/t11-/m0/s1. The van der Waals surface area contributed by atoms with Crippen molar-refractivity contribution >= 4 is 17.8 Å². The number of rotatable bonds is 3. The minimum absolute atomic E-state index is 0.0157. The molecular formula is C15H24N4O3. The molecule has 1 spiro atoms. The van der Waals surface area contributed by atoms with Gasteiger partial charge in [-0.3, -0.25) is 14.5 Å². The van der Waals surface area contributed by atoms with Crippen LogP contribution in [0.5, 0.6) is 0 Å². The van der Waals surface area contributed by atoms with Crippen molar-refractivity contribution in [2.45, 2.75) is 50.6 Å². The summed E-state index contributed by atoms with van der Waals surface area (Å²) in [5.74, 6) is -0.127. The fraction of sp³-hybridized carbons (Fsp3) is 0.800. The lowest BCUT2D eigenvalue weighted by Gasteiger charge is -2.34. The highest BCUT2D eigenvalue weighted by atomic mass is 16.2. The highest BCUT2D eigenvalue weighted by Gasteiger charge is 2.52. The van der Waals surface area contributed by atoms with E-state index in [4.69, 9.17) is 0 Å². The zero-order valence-corrected chi connectivity index (χ0v) is 13.1. The summed E-state index contributed by atoms with van der Waals surface area (Å²) >= 11 is 0. The molecule has 1 atom stereocenters. The van der Waals surface area contributed by atoms with Gasteiger partial charge in [0, 0.05) is 38.6 Å². The first-order chi connectivity index (χ1) is 10.5. The average Bonchev–Trinajstić information content (AvgIpc) is 3.05. The summed E-state index contributed by atoms with van der Waals surface area (Å²) in [6, 6.07) is -0.182. The van der Waals surface area contributed by atoms with Crippen molar-refractivity contribution in [3.05, 3.63) is 0 Å². The number of urea groups is 1. The van der Waals surface area contributed by atoms with Gasteiger partial charge in [-0.25, -0.2) is 4.79 Å². The molecule has 4 amide bonds. The van der Waals surface area contributed by atoms with E-state index in [1.54, 1.807) is 0 Å². The Morgan fingerprint density at radius 1 is 1.32 bits per heavy atom. The van der Waals surface area contributed by atoms with Gasteiger partial charge < -0.3 is 15.5 Å². The summed E-state index contributed by atoms with van der Waals surface area (Å²) in [6.07, 6.45) is 3.58. The minimum atomic E-state index is -0.678. The van der Waals surface area contributed by atoms with Crippen LogP contribution in [-0.2, 0) is 9.59 Å². The predicted octanol–water partition coefficient (Wildman–Crippen LogP) is 0.0614. The Balaban J connectivity index is 1.58.